The van der Waals surface area contributed by atoms with E-state index in [0.29, 0.717) is 0 Å². The summed E-state index contributed by atoms with van der Waals surface area (Å²) >= 11 is 1.74. The number of rotatable bonds is 1. The van der Waals surface area contributed by atoms with Crippen LogP contribution in [-0.2, 0) is 23.3 Å². The summed E-state index contributed by atoms with van der Waals surface area (Å²) in [5, 5.41) is 2.67. The van der Waals surface area contributed by atoms with Gasteiger partial charge in [-0.2, -0.15) is 28.3 Å². The van der Waals surface area contributed by atoms with Crippen LogP contribution in [-0.4, -0.2) is 5.43 Å². The molecule has 0 aliphatic heterocycles. The van der Waals surface area contributed by atoms with Crippen molar-refractivity contribution in [3.05, 3.63) is 93.5 Å². The second-order valence-corrected chi connectivity index (χ2v) is 18.2. The van der Waals surface area contributed by atoms with Crippen molar-refractivity contribution in [2.75, 3.05) is 0 Å². The van der Waals surface area contributed by atoms with Gasteiger partial charge in [-0.25, -0.2) is 0 Å². The van der Waals surface area contributed by atoms with Crippen molar-refractivity contribution in [1.82, 2.24) is 0 Å². The summed E-state index contributed by atoms with van der Waals surface area (Å²) in [6.07, 6.45) is 0. The number of hydrogen-bond acceptors (Lipinski definition) is 0. The van der Waals surface area contributed by atoms with Crippen molar-refractivity contribution in [2.45, 2.75) is 61.6 Å². The molecule has 0 amide bonds. The molecule has 0 saturated heterocycles. The molecule has 0 fully saturated rings. The molecule has 160 valence electrons. The van der Waals surface area contributed by atoms with E-state index >= 15 is 0 Å². The van der Waals surface area contributed by atoms with Gasteiger partial charge in [-0.05, 0) is 37.5 Å². The van der Waals surface area contributed by atoms with Crippen molar-refractivity contribution < 1.29 is 23.3 Å². The molecule has 0 bridgehead atoms. The molecule has 2 heteroatoms. The maximum absolute atomic E-state index is 2.31. The van der Waals surface area contributed by atoms with Crippen molar-refractivity contribution >= 4 is 16.2 Å². The SMILES string of the molecule is C[Si](C)=[Zr+2].Cc1[cH-]c(C)c(C)c1C.Cc1cc(-c2c[cH-]c3ccccc23)cc(C)c1C. The van der Waals surface area contributed by atoms with Crippen molar-refractivity contribution in [1.29, 1.82) is 0 Å². The first-order chi connectivity index (χ1) is 14.5. The molecule has 4 aromatic rings. The van der Waals surface area contributed by atoms with Crippen LogP contribution >= 0.6 is 0 Å². The number of hydrogen-bond donors (Lipinski definition) is 0. The number of fused-ring (bicyclic) bond motifs is 1. The van der Waals surface area contributed by atoms with Crippen LogP contribution in [0.4, 0.5) is 0 Å². The molecular formula is C29H36SiZr. The fraction of sp³-hybridized carbons (Fsp3) is 0.310. The monoisotopic (exact) mass is 502 g/mol. The summed E-state index contributed by atoms with van der Waals surface area (Å²) in [6.45, 7) is 19.9. The van der Waals surface area contributed by atoms with Gasteiger partial charge in [0.15, 0.2) is 0 Å². The third kappa shape index (κ3) is 6.74. The average molecular weight is 504 g/mol. The van der Waals surface area contributed by atoms with Crippen LogP contribution in [0.3, 0.4) is 0 Å². The molecule has 0 N–H and O–H groups in total. The summed E-state index contributed by atoms with van der Waals surface area (Å²) in [4.78, 5) is 0. The predicted octanol–water partition coefficient (Wildman–Crippen LogP) is 8.57. The Bertz CT molecular complexity index is 1140. The van der Waals surface area contributed by atoms with Crippen LogP contribution in [0.15, 0.2) is 54.6 Å². The standard InChI is InChI=1S/C18H17.C9H13.C2H6Si.Zr/c1-12-10-16(11-13(2)14(12)3)18-9-8-15-6-4-5-7-17(15)18;1-6-5-7(2)9(4)8(6)3;1-3-2;/h4-11H,1-3H3;5H,1-4H3;1-2H3;/q2*-1;;+2. The van der Waals surface area contributed by atoms with Crippen molar-refractivity contribution in [3.63, 3.8) is 0 Å². The summed E-state index contributed by atoms with van der Waals surface area (Å²) < 4.78 is 0. The fourth-order valence-corrected chi connectivity index (χ4v) is 3.73. The van der Waals surface area contributed by atoms with Crippen LogP contribution in [0, 0.1) is 48.5 Å². The van der Waals surface area contributed by atoms with Gasteiger partial charge in [0.2, 0.25) is 0 Å². The Morgan fingerprint density at radius 3 is 1.68 bits per heavy atom. The van der Waals surface area contributed by atoms with Crippen LogP contribution < -0.4 is 0 Å². The predicted molar refractivity (Wildman–Crippen MR) is 138 cm³/mol. The van der Waals surface area contributed by atoms with Crippen LogP contribution in [0.5, 0.6) is 0 Å². The van der Waals surface area contributed by atoms with Gasteiger partial charge in [0, 0.05) is 0 Å². The quantitative estimate of drug-likeness (QED) is 0.180. The largest absolute Gasteiger partial charge is 0.196 e. The summed E-state index contributed by atoms with van der Waals surface area (Å²) in [6, 6.07) is 19.8. The van der Waals surface area contributed by atoms with Crippen LogP contribution in [0.25, 0.3) is 21.9 Å². The molecule has 0 nitrogen and oxygen atoms in total. The Kier molecular flexibility index (Phi) is 9.46. The zero-order valence-electron chi connectivity index (χ0n) is 20.7. The van der Waals surface area contributed by atoms with Gasteiger partial charge in [-0.1, -0.05) is 51.5 Å². The van der Waals surface area contributed by atoms with Crippen LogP contribution in [0.1, 0.15) is 38.9 Å². The smallest absolute Gasteiger partial charge is 0.0392 e. The van der Waals surface area contributed by atoms with E-state index in [9.17, 15) is 0 Å². The fourth-order valence-electron chi connectivity index (χ4n) is 3.73. The first-order valence-corrected chi connectivity index (χ1v) is 17.2. The molecule has 0 saturated carbocycles. The van der Waals surface area contributed by atoms with E-state index in [0.717, 1.165) is 0 Å². The molecule has 0 aliphatic carbocycles. The van der Waals surface area contributed by atoms with E-state index in [4.69, 9.17) is 0 Å². The van der Waals surface area contributed by atoms with E-state index in [-0.39, 0.29) is 5.43 Å². The molecule has 4 rings (SSSR count). The maximum Gasteiger partial charge on any atom is -0.0392 e. The molecule has 0 unspecified atom stereocenters. The van der Waals surface area contributed by atoms with Gasteiger partial charge in [-0.15, -0.1) is 46.7 Å². The Balaban J connectivity index is 0.000000220. The molecule has 0 heterocycles. The summed E-state index contributed by atoms with van der Waals surface area (Å²) in [5.41, 5.74) is 12.8. The van der Waals surface area contributed by atoms with E-state index in [1.807, 2.05) is 0 Å². The van der Waals surface area contributed by atoms with Gasteiger partial charge in [0.25, 0.3) is 0 Å². The second-order valence-electron chi connectivity index (χ2n) is 8.83. The summed E-state index contributed by atoms with van der Waals surface area (Å²) in [5.74, 6) is 0. The molecule has 31 heavy (non-hydrogen) atoms. The Morgan fingerprint density at radius 2 is 1.23 bits per heavy atom. The zero-order chi connectivity index (χ0) is 23.3. The minimum absolute atomic E-state index is 0.210. The summed E-state index contributed by atoms with van der Waals surface area (Å²) in [7, 11) is 0. The Labute approximate surface area is 204 Å². The van der Waals surface area contributed by atoms with Crippen LogP contribution in [0.2, 0.25) is 13.1 Å². The molecule has 0 aliphatic rings. The van der Waals surface area contributed by atoms with Crippen molar-refractivity contribution in [2.24, 2.45) is 0 Å². The molecule has 0 radical (unpaired) electrons. The molecule has 0 atom stereocenters. The van der Waals surface area contributed by atoms with Gasteiger partial charge in [0.1, 0.15) is 0 Å². The Hall–Kier alpha value is -1.50. The molecule has 4 aromatic carbocycles. The molecule has 0 spiro atoms. The normalized spacial score (nSPS) is 10.3. The van der Waals surface area contributed by atoms with E-state index in [2.05, 4.69) is 116 Å². The average Bonchev–Trinajstić information content (AvgIpc) is 3.23. The van der Waals surface area contributed by atoms with E-state index < -0.39 is 0 Å². The minimum atomic E-state index is 0.210. The number of aryl methyl sites for hydroxylation is 4. The topological polar surface area (TPSA) is 0 Å². The van der Waals surface area contributed by atoms with E-state index in [1.54, 1.807) is 23.3 Å². The molecule has 0 aromatic heterocycles. The maximum atomic E-state index is 2.31. The van der Waals surface area contributed by atoms with Gasteiger partial charge in [0.05, 0.1) is 0 Å². The van der Waals surface area contributed by atoms with Crippen molar-refractivity contribution in [3.8, 4) is 11.1 Å². The zero-order valence-corrected chi connectivity index (χ0v) is 24.2. The first kappa shape index (κ1) is 25.8. The van der Waals surface area contributed by atoms with E-state index in [1.165, 1.54) is 60.8 Å². The number of benzene rings is 2. The van der Waals surface area contributed by atoms with Gasteiger partial charge in [-0.3, -0.25) is 0 Å². The molecular weight excluding hydrogens is 468 g/mol. The second kappa shape index (κ2) is 11.4. The third-order valence-corrected chi connectivity index (χ3v) is 6.10. The van der Waals surface area contributed by atoms with Gasteiger partial charge >= 0.3 is 41.9 Å². The van der Waals surface area contributed by atoms with Gasteiger partial charge < -0.3 is 0 Å². The third-order valence-electron chi connectivity index (χ3n) is 6.10. The first-order valence-electron chi connectivity index (χ1n) is 11.0. The Morgan fingerprint density at radius 1 is 0.742 bits per heavy atom. The minimum Gasteiger partial charge on any atom is -0.196 e.